The van der Waals surface area contributed by atoms with Gasteiger partial charge in [0.05, 0.1) is 6.54 Å². The van der Waals surface area contributed by atoms with E-state index in [2.05, 4.69) is 10.6 Å². The number of piperidine rings is 1. The first-order valence-corrected chi connectivity index (χ1v) is 9.80. The molecule has 0 atom stereocenters. The van der Waals surface area contributed by atoms with E-state index in [1.807, 2.05) is 0 Å². The summed E-state index contributed by atoms with van der Waals surface area (Å²) in [5.41, 5.74) is -1.76. The van der Waals surface area contributed by atoms with Crippen molar-refractivity contribution in [2.24, 2.45) is 5.92 Å². The van der Waals surface area contributed by atoms with Gasteiger partial charge in [-0.3, -0.25) is 14.5 Å². The molecule has 1 heterocycles. The van der Waals surface area contributed by atoms with Crippen LogP contribution in [0.15, 0.2) is 18.2 Å². The number of likely N-dealkylation sites (tertiary alicyclic amines) is 1. The number of amides is 2. The summed E-state index contributed by atoms with van der Waals surface area (Å²) in [6, 6.07) is 3.78. The van der Waals surface area contributed by atoms with Crippen LogP contribution in [0.3, 0.4) is 0 Å². The predicted molar refractivity (Wildman–Crippen MR) is 100.0 cm³/mol. The van der Waals surface area contributed by atoms with Gasteiger partial charge in [-0.25, -0.2) is 4.39 Å². The molecule has 1 aliphatic carbocycles. The van der Waals surface area contributed by atoms with Crippen molar-refractivity contribution in [1.82, 2.24) is 10.2 Å². The number of alkyl halides is 3. The lowest BCUT2D eigenvalue weighted by molar-refractivity contribution is -0.170. The smallest absolute Gasteiger partial charge is 0.341 e. The van der Waals surface area contributed by atoms with Crippen molar-refractivity contribution in [3.05, 3.63) is 29.0 Å². The molecule has 0 spiro atoms. The second kappa shape index (κ2) is 8.47. The van der Waals surface area contributed by atoms with Gasteiger partial charge in [0.1, 0.15) is 11.4 Å². The Balaban J connectivity index is 1.40. The van der Waals surface area contributed by atoms with Gasteiger partial charge in [0.25, 0.3) is 0 Å². The quantitative estimate of drug-likeness (QED) is 0.669. The van der Waals surface area contributed by atoms with Gasteiger partial charge >= 0.3 is 6.18 Å². The fourth-order valence-corrected chi connectivity index (χ4v) is 3.78. The highest BCUT2D eigenvalue weighted by Crippen LogP contribution is 2.48. The molecule has 1 saturated carbocycles. The highest BCUT2D eigenvalue weighted by molar-refractivity contribution is 6.30. The minimum absolute atomic E-state index is 0.0735. The molecule has 1 aliphatic heterocycles. The molecule has 29 heavy (non-hydrogen) atoms. The van der Waals surface area contributed by atoms with Crippen LogP contribution in [0.4, 0.5) is 23.2 Å². The molecule has 2 fully saturated rings. The summed E-state index contributed by atoms with van der Waals surface area (Å²) in [5.74, 6) is -1.34. The topological polar surface area (TPSA) is 61.4 Å². The number of rotatable bonds is 6. The molecule has 0 radical (unpaired) electrons. The summed E-state index contributed by atoms with van der Waals surface area (Å²) < 4.78 is 52.1. The third kappa shape index (κ3) is 5.82. The standard InChI is InChI=1S/C19H22ClF4N3O2/c20-13-8-14(21)10-15(9-13)25-16(28)7-12-1-5-27(6-2-12)11-17(29)26-18(3-4-18)19(22,23)24/h8-10,12H,1-7,11H2,(H,25,28)(H,26,29). The van der Waals surface area contributed by atoms with Gasteiger partial charge in [0.15, 0.2) is 0 Å². The lowest BCUT2D eigenvalue weighted by Gasteiger charge is -2.31. The van der Waals surface area contributed by atoms with Crippen LogP contribution in [0.5, 0.6) is 0 Å². The third-order valence-electron chi connectivity index (χ3n) is 5.37. The SMILES string of the molecule is O=C(CC1CCN(CC(=O)NC2(C(F)(F)F)CC2)CC1)Nc1cc(F)cc(Cl)c1. The summed E-state index contributed by atoms with van der Waals surface area (Å²) in [7, 11) is 0. The maximum absolute atomic E-state index is 13.3. The molecule has 2 amide bonds. The number of nitrogens with zero attached hydrogens (tertiary/aromatic N) is 1. The molecule has 1 saturated heterocycles. The van der Waals surface area contributed by atoms with E-state index >= 15 is 0 Å². The van der Waals surface area contributed by atoms with Gasteiger partial charge in [-0.2, -0.15) is 13.2 Å². The molecular weight excluding hydrogens is 414 g/mol. The van der Waals surface area contributed by atoms with Gasteiger partial charge in [-0.15, -0.1) is 0 Å². The summed E-state index contributed by atoms with van der Waals surface area (Å²) in [5, 5.41) is 4.92. The molecular formula is C19H22ClF4N3O2. The van der Waals surface area contributed by atoms with E-state index < -0.39 is 23.4 Å². The number of carbonyl (C=O) groups is 2. The Bertz CT molecular complexity index is 755. The van der Waals surface area contributed by atoms with Crippen molar-refractivity contribution < 1.29 is 27.2 Å². The summed E-state index contributed by atoms with van der Waals surface area (Å²) >= 11 is 5.76. The van der Waals surface area contributed by atoms with Crippen molar-refractivity contribution in [1.29, 1.82) is 0 Å². The van der Waals surface area contributed by atoms with E-state index in [9.17, 15) is 27.2 Å². The minimum Gasteiger partial charge on any atom is -0.341 e. The second-order valence-corrected chi connectivity index (χ2v) is 8.19. The zero-order valence-corrected chi connectivity index (χ0v) is 16.4. The number of nitrogens with one attached hydrogen (secondary N) is 2. The number of carbonyl (C=O) groups excluding carboxylic acids is 2. The normalized spacial score (nSPS) is 19.6. The summed E-state index contributed by atoms with van der Waals surface area (Å²) in [4.78, 5) is 25.9. The van der Waals surface area contributed by atoms with Crippen LogP contribution in [0.25, 0.3) is 0 Å². The van der Waals surface area contributed by atoms with E-state index in [1.165, 1.54) is 12.1 Å². The number of benzene rings is 1. The number of anilines is 1. The first-order chi connectivity index (χ1) is 13.6. The number of hydrogen-bond donors (Lipinski definition) is 2. The van der Waals surface area contributed by atoms with Crippen LogP contribution in [0, 0.1) is 11.7 Å². The second-order valence-electron chi connectivity index (χ2n) is 7.76. The first-order valence-electron chi connectivity index (χ1n) is 9.42. The maximum atomic E-state index is 13.3. The predicted octanol–water partition coefficient (Wildman–Crippen LogP) is 3.73. The van der Waals surface area contributed by atoms with Gasteiger partial charge in [0.2, 0.25) is 11.8 Å². The first kappa shape index (κ1) is 21.8. The molecule has 5 nitrogen and oxygen atoms in total. The Labute approximate surface area is 170 Å². The molecule has 10 heteroatoms. The zero-order valence-electron chi connectivity index (χ0n) is 15.6. The molecule has 2 aliphatic rings. The minimum atomic E-state index is -4.42. The average molecular weight is 436 g/mol. The molecule has 160 valence electrons. The van der Waals surface area contributed by atoms with Gasteiger partial charge in [0, 0.05) is 17.1 Å². The van der Waals surface area contributed by atoms with Crippen LogP contribution in [0.1, 0.15) is 32.1 Å². The molecule has 2 N–H and O–H groups in total. The van der Waals surface area contributed by atoms with Crippen molar-refractivity contribution >= 4 is 29.1 Å². The molecule has 0 unspecified atom stereocenters. The summed E-state index contributed by atoms with van der Waals surface area (Å²) in [6.07, 6.45) is -3.03. The fraction of sp³-hybridized carbons (Fsp3) is 0.579. The Morgan fingerprint density at radius 3 is 2.34 bits per heavy atom. The Morgan fingerprint density at radius 1 is 1.14 bits per heavy atom. The van der Waals surface area contributed by atoms with Gasteiger partial charge in [-0.1, -0.05) is 11.6 Å². The fourth-order valence-electron chi connectivity index (χ4n) is 3.56. The van der Waals surface area contributed by atoms with Crippen LogP contribution >= 0.6 is 11.6 Å². The monoisotopic (exact) mass is 435 g/mol. The highest BCUT2D eigenvalue weighted by Gasteiger charge is 2.64. The largest absolute Gasteiger partial charge is 0.411 e. The highest BCUT2D eigenvalue weighted by atomic mass is 35.5. The molecule has 1 aromatic rings. The van der Waals surface area contributed by atoms with Crippen LogP contribution in [-0.4, -0.2) is 48.1 Å². The van der Waals surface area contributed by atoms with E-state index in [0.717, 1.165) is 6.07 Å². The van der Waals surface area contributed by atoms with Crippen molar-refractivity contribution in [2.75, 3.05) is 25.0 Å². The van der Waals surface area contributed by atoms with Crippen molar-refractivity contribution in [2.45, 2.75) is 43.8 Å². The van der Waals surface area contributed by atoms with E-state index in [1.54, 1.807) is 4.90 Å². The number of halogens is 5. The van der Waals surface area contributed by atoms with Gasteiger partial charge in [-0.05, 0) is 62.9 Å². The van der Waals surface area contributed by atoms with Gasteiger partial charge < -0.3 is 10.6 Å². The van der Waals surface area contributed by atoms with Crippen molar-refractivity contribution in [3.8, 4) is 0 Å². The Kier molecular flexibility index (Phi) is 6.38. The lowest BCUT2D eigenvalue weighted by atomic mass is 9.93. The maximum Gasteiger partial charge on any atom is 0.411 e. The molecule has 3 rings (SSSR count). The third-order valence-corrected chi connectivity index (χ3v) is 5.58. The van der Waals surface area contributed by atoms with E-state index in [-0.39, 0.29) is 48.3 Å². The molecule has 1 aromatic carbocycles. The zero-order chi connectivity index (χ0) is 21.2. The van der Waals surface area contributed by atoms with Crippen LogP contribution < -0.4 is 10.6 Å². The van der Waals surface area contributed by atoms with Crippen LogP contribution in [-0.2, 0) is 9.59 Å². The van der Waals surface area contributed by atoms with Crippen LogP contribution in [0.2, 0.25) is 5.02 Å². The summed E-state index contributed by atoms with van der Waals surface area (Å²) in [6.45, 7) is 0.963. The van der Waals surface area contributed by atoms with E-state index in [4.69, 9.17) is 11.6 Å². The van der Waals surface area contributed by atoms with E-state index in [0.29, 0.717) is 25.9 Å². The average Bonchev–Trinajstić information content (AvgIpc) is 3.36. The number of hydrogen-bond acceptors (Lipinski definition) is 3. The lowest BCUT2D eigenvalue weighted by Crippen LogP contribution is -2.51. The Morgan fingerprint density at radius 2 is 1.79 bits per heavy atom. The molecule has 0 bridgehead atoms. The molecule has 0 aromatic heterocycles. The van der Waals surface area contributed by atoms with Crippen molar-refractivity contribution in [3.63, 3.8) is 0 Å². The Hall–Kier alpha value is -1.87.